The van der Waals surface area contributed by atoms with E-state index in [0.717, 1.165) is 59.9 Å². The Morgan fingerprint density at radius 3 is 2.24 bits per heavy atom. The van der Waals surface area contributed by atoms with Gasteiger partial charge in [0, 0.05) is 5.38 Å². The van der Waals surface area contributed by atoms with Crippen molar-refractivity contribution in [2.75, 3.05) is 26.9 Å². The van der Waals surface area contributed by atoms with E-state index in [-0.39, 0.29) is 0 Å². The number of ether oxygens (including phenoxy) is 3. The van der Waals surface area contributed by atoms with Gasteiger partial charge in [-0.05, 0) is 63.8 Å². The standard InChI is InChI=1S/C26H38N2O4S/c1-6-7-14-30-23-17-20(2)25(21(3)18-23)31-15-12-10-8-9-11-13-16-32-26-27-24(19-33-26)22(4)28-29-5/h6-7,17-19H,8-16H2,1-5H3/b7-6+,28-22+. The van der Waals surface area contributed by atoms with Gasteiger partial charge in [0.15, 0.2) is 0 Å². The zero-order chi connectivity index (χ0) is 23.9. The van der Waals surface area contributed by atoms with Crippen LogP contribution in [-0.4, -0.2) is 37.6 Å². The fourth-order valence-corrected chi connectivity index (χ4v) is 4.12. The van der Waals surface area contributed by atoms with Crippen molar-refractivity contribution in [2.24, 2.45) is 5.16 Å². The van der Waals surface area contributed by atoms with Crippen molar-refractivity contribution in [2.45, 2.75) is 66.2 Å². The number of hydrogen-bond donors (Lipinski definition) is 0. The summed E-state index contributed by atoms with van der Waals surface area (Å²) in [5, 5.41) is 6.52. The average Bonchev–Trinajstić information content (AvgIpc) is 3.26. The normalized spacial score (nSPS) is 11.7. The third kappa shape index (κ3) is 9.86. The number of allylic oxidation sites excluding steroid dienone is 1. The summed E-state index contributed by atoms with van der Waals surface area (Å²) >= 11 is 1.49. The molecular weight excluding hydrogens is 436 g/mol. The van der Waals surface area contributed by atoms with Gasteiger partial charge in [0.1, 0.15) is 36.6 Å². The molecule has 0 atom stereocenters. The van der Waals surface area contributed by atoms with Crippen molar-refractivity contribution in [1.29, 1.82) is 0 Å². The maximum atomic E-state index is 6.06. The van der Waals surface area contributed by atoms with E-state index in [1.165, 1.54) is 37.7 Å². The molecule has 1 aromatic carbocycles. The molecule has 2 rings (SSSR count). The smallest absolute Gasteiger partial charge is 0.273 e. The monoisotopic (exact) mass is 474 g/mol. The van der Waals surface area contributed by atoms with Crippen LogP contribution in [0.15, 0.2) is 34.8 Å². The summed E-state index contributed by atoms with van der Waals surface area (Å²) in [7, 11) is 1.53. The van der Waals surface area contributed by atoms with E-state index >= 15 is 0 Å². The number of unbranched alkanes of at least 4 members (excludes halogenated alkanes) is 5. The van der Waals surface area contributed by atoms with Crippen LogP contribution < -0.4 is 14.2 Å². The van der Waals surface area contributed by atoms with Crippen LogP contribution in [0.25, 0.3) is 0 Å². The van der Waals surface area contributed by atoms with E-state index in [2.05, 4.69) is 36.1 Å². The van der Waals surface area contributed by atoms with Gasteiger partial charge in [0.2, 0.25) is 0 Å². The summed E-state index contributed by atoms with van der Waals surface area (Å²) in [6, 6.07) is 4.10. The molecule has 33 heavy (non-hydrogen) atoms. The highest BCUT2D eigenvalue weighted by atomic mass is 32.1. The lowest BCUT2D eigenvalue weighted by atomic mass is 10.1. The topological polar surface area (TPSA) is 62.2 Å². The number of rotatable bonds is 16. The van der Waals surface area contributed by atoms with Gasteiger partial charge in [-0.15, -0.1) is 0 Å². The summed E-state index contributed by atoms with van der Waals surface area (Å²) in [4.78, 5) is 9.19. The molecule has 0 saturated heterocycles. The second kappa shape index (κ2) is 15.3. The molecule has 0 N–H and O–H groups in total. The number of nitrogens with zero attached hydrogens (tertiary/aromatic N) is 2. The molecule has 182 valence electrons. The molecule has 0 amide bonds. The first-order valence-electron chi connectivity index (χ1n) is 11.7. The molecule has 2 aromatic rings. The number of aryl methyl sites for hydroxylation is 2. The summed E-state index contributed by atoms with van der Waals surface area (Å²) in [5.41, 5.74) is 3.81. The first-order chi connectivity index (χ1) is 16.0. The number of thiazole rings is 1. The molecule has 0 aliphatic heterocycles. The second-order valence-electron chi connectivity index (χ2n) is 7.94. The second-order valence-corrected chi connectivity index (χ2v) is 8.76. The lowest BCUT2D eigenvalue weighted by Gasteiger charge is -2.14. The van der Waals surface area contributed by atoms with Gasteiger partial charge in [-0.25, -0.2) is 4.98 Å². The third-order valence-electron chi connectivity index (χ3n) is 5.11. The maximum Gasteiger partial charge on any atom is 0.273 e. The van der Waals surface area contributed by atoms with Crippen LogP contribution in [0.2, 0.25) is 0 Å². The average molecular weight is 475 g/mol. The van der Waals surface area contributed by atoms with Gasteiger partial charge in [-0.3, -0.25) is 0 Å². The fraction of sp³-hybridized carbons (Fsp3) is 0.538. The summed E-state index contributed by atoms with van der Waals surface area (Å²) in [5.74, 6) is 1.88. The minimum absolute atomic E-state index is 0.595. The Balaban J connectivity index is 1.54. The molecule has 1 aromatic heterocycles. The summed E-state index contributed by atoms with van der Waals surface area (Å²) in [6.07, 6.45) is 10.9. The first kappa shape index (κ1) is 26.7. The van der Waals surface area contributed by atoms with Gasteiger partial charge in [-0.1, -0.05) is 54.3 Å². The molecule has 0 fully saturated rings. The van der Waals surface area contributed by atoms with Gasteiger partial charge < -0.3 is 19.0 Å². The molecular formula is C26H38N2O4S. The largest absolute Gasteiger partial charge is 0.493 e. The molecule has 0 aliphatic carbocycles. The van der Waals surface area contributed by atoms with Crippen molar-refractivity contribution in [3.63, 3.8) is 0 Å². The fourth-order valence-electron chi connectivity index (χ4n) is 3.38. The highest BCUT2D eigenvalue weighted by Crippen LogP contribution is 2.28. The Morgan fingerprint density at radius 2 is 1.61 bits per heavy atom. The molecule has 0 bridgehead atoms. The molecule has 6 nitrogen and oxygen atoms in total. The van der Waals surface area contributed by atoms with E-state index in [9.17, 15) is 0 Å². The minimum Gasteiger partial charge on any atom is -0.493 e. The van der Waals surface area contributed by atoms with Crippen LogP contribution in [0.5, 0.6) is 16.7 Å². The Kier molecular flexibility index (Phi) is 12.4. The van der Waals surface area contributed by atoms with Crippen LogP contribution in [0.1, 0.15) is 69.2 Å². The zero-order valence-corrected chi connectivity index (χ0v) is 21.5. The predicted octanol–water partition coefficient (Wildman–Crippen LogP) is 6.88. The highest BCUT2D eigenvalue weighted by Gasteiger charge is 2.08. The highest BCUT2D eigenvalue weighted by molar-refractivity contribution is 7.11. The molecule has 1 heterocycles. The van der Waals surface area contributed by atoms with Crippen molar-refractivity contribution < 1.29 is 19.0 Å². The Hall–Kier alpha value is -2.54. The van der Waals surface area contributed by atoms with Gasteiger partial charge in [-0.2, -0.15) is 0 Å². The Labute approximate surface area is 202 Å². The summed E-state index contributed by atoms with van der Waals surface area (Å²) < 4.78 is 17.6. The number of aromatic nitrogens is 1. The predicted molar refractivity (Wildman–Crippen MR) is 136 cm³/mol. The van der Waals surface area contributed by atoms with Crippen molar-refractivity contribution in [3.05, 3.63) is 46.5 Å². The number of hydrogen-bond acceptors (Lipinski definition) is 7. The van der Waals surface area contributed by atoms with Crippen LogP contribution in [0.3, 0.4) is 0 Å². The molecule has 0 radical (unpaired) electrons. The molecule has 0 unspecified atom stereocenters. The first-order valence-corrected chi connectivity index (χ1v) is 12.6. The number of oxime groups is 1. The molecule has 7 heteroatoms. The molecule has 0 aliphatic rings. The van der Waals surface area contributed by atoms with Crippen LogP contribution in [0.4, 0.5) is 0 Å². The van der Waals surface area contributed by atoms with Crippen LogP contribution in [-0.2, 0) is 4.84 Å². The van der Waals surface area contributed by atoms with Crippen LogP contribution in [0, 0.1) is 13.8 Å². The molecule has 0 saturated carbocycles. The van der Waals surface area contributed by atoms with Gasteiger partial charge in [0.05, 0.1) is 13.2 Å². The van der Waals surface area contributed by atoms with Crippen molar-refractivity contribution in [3.8, 4) is 16.7 Å². The SMILES string of the molecule is C/C=C/COc1cc(C)c(OCCCCCCCCOc2nc(/C(C)=N/OC)cs2)c(C)c1. The Bertz CT molecular complexity index is 869. The Morgan fingerprint density at radius 1 is 0.970 bits per heavy atom. The van der Waals surface area contributed by atoms with E-state index in [1.54, 1.807) is 0 Å². The lowest BCUT2D eigenvalue weighted by Crippen LogP contribution is -2.02. The van der Waals surface area contributed by atoms with E-state index in [0.29, 0.717) is 18.4 Å². The minimum atomic E-state index is 0.595. The van der Waals surface area contributed by atoms with E-state index in [4.69, 9.17) is 19.0 Å². The van der Waals surface area contributed by atoms with E-state index < -0.39 is 0 Å². The molecule has 0 spiro atoms. The quantitative estimate of drug-likeness (QED) is 0.115. The maximum absolute atomic E-state index is 6.06. The third-order valence-corrected chi connectivity index (χ3v) is 5.86. The lowest BCUT2D eigenvalue weighted by molar-refractivity contribution is 0.213. The van der Waals surface area contributed by atoms with Crippen molar-refractivity contribution >= 4 is 17.0 Å². The number of benzene rings is 1. The zero-order valence-electron chi connectivity index (χ0n) is 20.7. The van der Waals surface area contributed by atoms with E-state index in [1.807, 2.05) is 31.4 Å². The van der Waals surface area contributed by atoms with Gasteiger partial charge in [0.25, 0.3) is 5.19 Å². The van der Waals surface area contributed by atoms with Crippen LogP contribution >= 0.6 is 11.3 Å². The van der Waals surface area contributed by atoms with Gasteiger partial charge >= 0.3 is 0 Å². The summed E-state index contributed by atoms with van der Waals surface area (Å²) in [6.45, 7) is 10.1. The van der Waals surface area contributed by atoms with Crippen molar-refractivity contribution in [1.82, 2.24) is 4.98 Å².